The SMILES string of the molecule is CC(=O)N[C@H](Cc1ccc(C(F)(F)C(=O)O)cc1)C(=O)NC1(C(=O)N[C@@H](CC(N)=O)C(=O)NCCCc2cccc3ccccc23)CCCCC1. The van der Waals surface area contributed by atoms with Crippen LogP contribution in [-0.4, -0.2) is 64.8 Å². The summed E-state index contributed by atoms with van der Waals surface area (Å²) >= 11 is 0. The Hall–Kier alpha value is -5.40. The second kappa shape index (κ2) is 17.0. The Bertz CT molecular complexity index is 1750. The molecular formula is C37H43F2N5O7. The van der Waals surface area contributed by atoms with Crippen LogP contribution in [0.1, 0.15) is 68.6 Å². The number of carboxylic acids is 1. The number of hydrogen-bond acceptors (Lipinski definition) is 6. The van der Waals surface area contributed by atoms with E-state index in [1.165, 1.54) is 19.1 Å². The maximum atomic E-state index is 13.9. The van der Waals surface area contributed by atoms with Crippen LogP contribution in [0, 0.1) is 0 Å². The third-order valence-corrected chi connectivity index (χ3v) is 9.05. The average molecular weight is 708 g/mol. The van der Waals surface area contributed by atoms with Gasteiger partial charge in [-0.2, -0.15) is 8.78 Å². The molecule has 0 aliphatic heterocycles. The van der Waals surface area contributed by atoms with E-state index in [-0.39, 0.29) is 25.8 Å². The van der Waals surface area contributed by atoms with E-state index in [1.807, 2.05) is 42.5 Å². The van der Waals surface area contributed by atoms with Gasteiger partial charge in [0.2, 0.25) is 29.5 Å². The lowest BCUT2D eigenvalue weighted by atomic mass is 9.80. The van der Waals surface area contributed by atoms with Crippen molar-refractivity contribution < 1.29 is 42.7 Å². The van der Waals surface area contributed by atoms with Gasteiger partial charge >= 0.3 is 11.9 Å². The van der Waals surface area contributed by atoms with Crippen LogP contribution in [0.15, 0.2) is 66.7 Å². The molecule has 3 aromatic rings. The van der Waals surface area contributed by atoms with Crippen molar-refractivity contribution in [1.29, 1.82) is 0 Å². The van der Waals surface area contributed by atoms with Crippen molar-refractivity contribution in [2.75, 3.05) is 6.54 Å². The summed E-state index contributed by atoms with van der Waals surface area (Å²) in [6.45, 7) is 1.46. The Labute approximate surface area is 293 Å². The average Bonchev–Trinajstić information content (AvgIpc) is 3.09. The first-order chi connectivity index (χ1) is 24.2. The minimum absolute atomic E-state index is 0.159. The fourth-order valence-electron chi connectivity index (χ4n) is 6.38. The van der Waals surface area contributed by atoms with Gasteiger partial charge in [0, 0.05) is 25.5 Å². The highest BCUT2D eigenvalue weighted by Gasteiger charge is 2.44. The second-order valence-corrected chi connectivity index (χ2v) is 12.9. The summed E-state index contributed by atoms with van der Waals surface area (Å²) < 4.78 is 27.9. The molecule has 1 aliphatic carbocycles. The third kappa shape index (κ3) is 10.1. The molecule has 0 saturated heterocycles. The van der Waals surface area contributed by atoms with Crippen molar-refractivity contribution in [3.8, 4) is 0 Å². The normalized spacial score (nSPS) is 15.2. The first-order valence-electron chi connectivity index (χ1n) is 16.9. The number of alkyl halides is 2. The molecule has 1 fully saturated rings. The molecule has 51 heavy (non-hydrogen) atoms. The van der Waals surface area contributed by atoms with Gasteiger partial charge in [0.05, 0.1) is 6.42 Å². The lowest BCUT2D eigenvalue weighted by Crippen LogP contribution is -2.65. The zero-order chi connectivity index (χ0) is 37.2. The molecule has 1 saturated carbocycles. The molecule has 0 heterocycles. The van der Waals surface area contributed by atoms with E-state index in [1.54, 1.807) is 0 Å². The Kier molecular flexibility index (Phi) is 12.8. The summed E-state index contributed by atoms with van der Waals surface area (Å²) in [5, 5.41) is 21.8. The summed E-state index contributed by atoms with van der Waals surface area (Å²) in [4.78, 5) is 75.8. The van der Waals surface area contributed by atoms with Gasteiger partial charge in [-0.05, 0) is 47.6 Å². The summed E-state index contributed by atoms with van der Waals surface area (Å²) in [5.74, 6) is -9.83. The molecule has 272 valence electrons. The lowest BCUT2D eigenvalue weighted by molar-refractivity contribution is -0.166. The van der Waals surface area contributed by atoms with Crippen LogP contribution >= 0.6 is 0 Å². The number of primary amides is 1. The molecule has 14 heteroatoms. The molecule has 0 spiro atoms. The quantitative estimate of drug-likeness (QED) is 0.123. The molecule has 1 aliphatic rings. The molecule has 0 unspecified atom stereocenters. The van der Waals surface area contributed by atoms with Crippen LogP contribution in [0.2, 0.25) is 0 Å². The number of rotatable bonds is 16. The van der Waals surface area contributed by atoms with Gasteiger partial charge in [0.1, 0.15) is 17.6 Å². The number of aryl methyl sites for hydroxylation is 1. The van der Waals surface area contributed by atoms with Crippen LogP contribution in [-0.2, 0) is 47.5 Å². The smallest absolute Gasteiger partial charge is 0.379 e. The molecule has 0 radical (unpaired) electrons. The van der Waals surface area contributed by atoms with Gasteiger partial charge in [0.25, 0.3) is 0 Å². The van der Waals surface area contributed by atoms with Crippen LogP contribution in [0.3, 0.4) is 0 Å². The predicted octanol–water partition coefficient (Wildman–Crippen LogP) is 2.99. The molecule has 4 rings (SSSR count). The van der Waals surface area contributed by atoms with Crippen LogP contribution in [0.25, 0.3) is 10.8 Å². The van der Waals surface area contributed by atoms with E-state index in [9.17, 15) is 37.5 Å². The summed E-state index contributed by atoms with van der Waals surface area (Å²) in [6, 6.07) is 15.8. The first kappa shape index (κ1) is 38.4. The maximum Gasteiger partial charge on any atom is 0.379 e. The van der Waals surface area contributed by atoms with Crippen LogP contribution in [0.5, 0.6) is 0 Å². The number of amides is 5. The molecule has 5 amide bonds. The van der Waals surface area contributed by atoms with Crippen molar-refractivity contribution in [2.45, 2.75) is 88.3 Å². The van der Waals surface area contributed by atoms with Gasteiger partial charge in [-0.3, -0.25) is 24.0 Å². The number of nitrogens with one attached hydrogen (secondary N) is 4. The van der Waals surface area contributed by atoms with Crippen molar-refractivity contribution in [2.24, 2.45) is 5.73 Å². The van der Waals surface area contributed by atoms with Crippen molar-refractivity contribution in [3.05, 3.63) is 83.4 Å². The number of halogens is 2. The number of carbonyl (C=O) groups is 6. The fraction of sp³-hybridized carbons (Fsp3) is 0.405. The predicted molar refractivity (Wildman–Crippen MR) is 184 cm³/mol. The number of carbonyl (C=O) groups excluding carboxylic acids is 5. The minimum Gasteiger partial charge on any atom is -0.477 e. The molecule has 12 nitrogen and oxygen atoms in total. The van der Waals surface area contributed by atoms with Crippen molar-refractivity contribution in [1.82, 2.24) is 21.3 Å². The topological polar surface area (TPSA) is 197 Å². The van der Waals surface area contributed by atoms with Gasteiger partial charge in [-0.15, -0.1) is 0 Å². The van der Waals surface area contributed by atoms with E-state index in [0.29, 0.717) is 31.2 Å². The highest BCUT2D eigenvalue weighted by Crippen LogP contribution is 2.30. The maximum absolute atomic E-state index is 13.9. The van der Waals surface area contributed by atoms with Gasteiger partial charge < -0.3 is 32.1 Å². The van der Waals surface area contributed by atoms with Crippen molar-refractivity contribution in [3.63, 3.8) is 0 Å². The van der Waals surface area contributed by atoms with E-state index < -0.39 is 71.0 Å². The Morgan fingerprint density at radius 1 is 0.863 bits per heavy atom. The molecular weight excluding hydrogens is 664 g/mol. The first-order valence-corrected chi connectivity index (χ1v) is 16.9. The summed E-state index contributed by atoms with van der Waals surface area (Å²) in [6.07, 6.45) is 2.99. The van der Waals surface area contributed by atoms with Gasteiger partial charge in [-0.25, -0.2) is 4.79 Å². The Morgan fingerprint density at radius 3 is 2.18 bits per heavy atom. The Balaban J connectivity index is 1.44. The van der Waals surface area contributed by atoms with Crippen molar-refractivity contribution >= 4 is 46.3 Å². The van der Waals surface area contributed by atoms with Crippen LogP contribution in [0.4, 0.5) is 8.78 Å². The number of fused-ring (bicyclic) bond motifs is 1. The van der Waals surface area contributed by atoms with Gasteiger partial charge in [0.15, 0.2) is 0 Å². The number of benzene rings is 3. The minimum atomic E-state index is -4.12. The van der Waals surface area contributed by atoms with E-state index in [4.69, 9.17) is 10.8 Å². The number of hydrogen-bond donors (Lipinski definition) is 6. The molecule has 2 atom stereocenters. The third-order valence-electron chi connectivity index (χ3n) is 9.05. The number of nitrogens with two attached hydrogens (primary N) is 1. The standard InChI is InChI=1S/C37H43F2N5O7/c1-23(45)42-29(21-24-14-16-27(17-15-24)37(38,39)35(50)51)33(48)44-36(18-5-2-6-19-36)34(49)43-30(22-31(40)46)32(47)41-20-8-12-26-11-7-10-25-9-3-4-13-28(25)26/h3-4,7,9-11,13-17,29-30H,2,5-6,8,12,18-22H2,1H3,(H2,40,46)(H,41,47)(H,42,45)(H,43,49)(H,44,48)(H,50,51)/t29-,30+/m1/s1. The monoisotopic (exact) mass is 707 g/mol. The Morgan fingerprint density at radius 2 is 1.53 bits per heavy atom. The van der Waals surface area contributed by atoms with Gasteiger partial charge in [-0.1, -0.05) is 86.0 Å². The van der Waals surface area contributed by atoms with E-state index in [2.05, 4.69) is 21.3 Å². The molecule has 0 bridgehead atoms. The van der Waals surface area contributed by atoms with E-state index in [0.717, 1.165) is 34.9 Å². The second-order valence-electron chi connectivity index (χ2n) is 12.9. The van der Waals surface area contributed by atoms with Crippen LogP contribution < -0.4 is 27.0 Å². The largest absolute Gasteiger partial charge is 0.477 e. The summed E-state index contributed by atoms with van der Waals surface area (Å²) in [7, 11) is 0. The zero-order valence-corrected chi connectivity index (χ0v) is 28.3. The fourth-order valence-corrected chi connectivity index (χ4v) is 6.38. The lowest BCUT2D eigenvalue weighted by Gasteiger charge is -2.38. The highest BCUT2D eigenvalue weighted by atomic mass is 19.3. The summed E-state index contributed by atoms with van der Waals surface area (Å²) in [5.41, 5.74) is 4.67. The molecule has 7 N–H and O–H groups in total. The molecule has 0 aromatic heterocycles. The number of aliphatic carboxylic acids is 1. The zero-order valence-electron chi connectivity index (χ0n) is 28.3. The number of carboxylic acid groups (broad SMARTS) is 1. The van der Waals surface area contributed by atoms with E-state index >= 15 is 0 Å². The molecule has 3 aromatic carbocycles. The highest BCUT2D eigenvalue weighted by molar-refractivity contribution is 5.98.